The van der Waals surface area contributed by atoms with Gasteiger partial charge in [0.2, 0.25) is 0 Å². The van der Waals surface area contributed by atoms with E-state index in [9.17, 15) is 19.5 Å². The molecule has 1 unspecified atom stereocenters. The van der Waals surface area contributed by atoms with Crippen molar-refractivity contribution in [3.05, 3.63) is 28.8 Å². The van der Waals surface area contributed by atoms with Gasteiger partial charge in [0.15, 0.2) is 0 Å². The van der Waals surface area contributed by atoms with E-state index in [0.29, 0.717) is 24.2 Å². The predicted molar refractivity (Wildman–Crippen MR) is 89.5 cm³/mol. The zero-order chi connectivity index (χ0) is 17.9. The van der Waals surface area contributed by atoms with E-state index in [4.69, 9.17) is 5.11 Å². The highest BCUT2D eigenvalue weighted by Gasteiger charge is 2.27. The predicted octanol–water partition coefficient (Wildman–Crippen LogP) is 2.42. The summed E-state index contributed by atoms with van der Waals surface area (Å²) in [6.07, 6.45) is -0.527. The van der Waals surface area contributed by atoms with Gasteiger partial charge >= 0.3 is 11.9 Å². The van der Waals surface area contributed by atoms with E-state index in [2.05, 4.69) is 4.98 Å². The maximum Gasteiger partial charge on any atom is 0.314 e. The summed E-state index contributed by atoms with van der Waals surface area (Å²) in [5.74, 6) is -3.73. The lowest BCUT2D eigenvalue weighted by Crippen LogP contribution is -2.30. The minimum atomic E-state index is -1.23. The van der Waals surface area contributed by atoms with Crippen LogP contribution in [0.5, 0.6) is 0 Å². The van der Waals surface area contributed by atoms with E-state index in [1.165, 1.54) is 0 Å². The van der Waals surface area contributed by atoms with Gasteiger partial charge < -0.3 is 15.1 Å². The molecule has 0 aliphatic heterocycles. The van der Waals surface area contributed by atoms with Crippen LogP contribution in [0, 0.1) is 0 Å². The molecule has 1 aromatic carbocycles. The summed E-state index contributed by atoms with van der Waals surface area (Å²) in [5.41, 5.74) is 0.984. The first kappa shape index (κ1) is 17.9. The number of carboxylic acid groups (broad SMARTS) is 2. The molecule has 7 nitrogen and oxygen atoms in total. The molecule has 0 aliphatic carbocycles. The quantitative estimate of drug-likeness (QED) is 0.794. The Hall–Kier alpha value is -2.48. The molecule has 8 heteroatoms. The number of carbonyl (C=O) groups is 3. The highest BCUT2D eigenvalue weighted by Crippen LogP contribution is 2.30. The fourth-order valence-electron chi connectivity index (χ4n) is 2.38. The van der Waals surface area contributed by atoms with Crippen molar-refractivity contribution >= 4 is 39.4 Å². The van der Waals surface area contributed by atoms with Crippen LogP contribution in [0.2, 0.25) is 0 Å². The third-order valence-electron chi connectivity index (χ3n) is 3.68. The molecule has 1 amide bonds. The van der Waals surface area contributed by atoms with Crippen molar-refractivity contribution < 1.29 is 24.6 Å². The molecule has 2 rings (SSSR count). The summed E-state index contributed by atoms with van der Waals surface area (Å²) in [6.45, 7) is 4.97. The Labute approximate surface area is 142 Å². The molecule has 128 valence electrons. The molecule has 0 bridgehead atoms. The third kappa shape index (κ3) is 3.70. The first-order valence-electron chi connectivity index (χ1n) is 7.51. The van der Waals surface area contributed by atoms with E-state index in [-0.39, 0.29) is 10.9 Å². The van der Waals surface area contributed by atoms with Crippen molar-refractivity contribution in [2.75, 3.05) is 13.1 Å². The zero-order valence-electron chi connectivity index (χ0n) is 13.4. The minimum absolute atomic E-state index is 0.114. The third-order valence-corrected chi connectivity index (χ3v) is 4.83. The average Bonchev–Trinajstić information content (AvgIpc) is 2.95. The van der Waals surface area contributed by atoms with Crippen LogP contribution in [-0.4, -0.2) is 51.0 Å². The second-order valence-electron chi connectivity index (χ2n) is 5.20. The molecule has 1 aromatic heterocycles. The van der Waals surface area contributed by atoms with Crippen LogP contribution < -0.4 is 0 Å². The van der Waals surface area contributed by atoms with Crippen molar-refractivity contribution in [2.24, 2.45) is 0 Å². The first-order chi connectivity index (χ1) is 11.4. The summed E-state index contributed by atoms with van der Waals surface area (Å²) < 4.78 is 0.720. The number of amides is 1. The van der Waals surface area contributed by atoms with Crippen molar-refractivity contribution in [1.29, 1.82) is 0 Å². The lowest BCUT2D eigenvalue weighted by atomic mass is 10.1. The Balaban J connectivity index is 2.39. The Kier molecular flexibility index (Phi) is 5.50. The summed E-state index contributed by atoms with van der Waals surface area (Å²) in [6, 6.07) is 5.01. The van der Waals surface area contributed by atoms with Crippen LogP contribution in [0.1, 0.15) is 41.6 Å². The number of nitrogens with zero attached hydrogens (tertiary/aromatic N) is 2. The second kappa shape index (κ2) is 7.39. The molecule has 0 fully saturated rings. The van der Waals surface area contributed by atoms with Crippen molar-refractivity contribution in [1.82, 2.24) is 9.88 Å². The molecule has 0 saturated carbocycles. The number of hydrogen-bond acceptors (Lipinski definition) is 5. The maximum atomic E-state index is 12.4. The summed E-state index contributed by atoms with van der Waals surface area (Å²) in [4.78, 5) is 40.4. The van der Waals surface area contributed by atoms with Crippen LogP contribution >= 0.6 is 11.3 Å². The molecule has 24 heavy (non-hydrogen) atoms. The van der Waals surface area contributed by atoms with E-state index < -0.39 is 24.3 Å². The lowest BCUT2D eigenvalue weighted by Gasteiger charge is -2.18. The van der Waals surface area contributed by atoms with Crippen molar-refractivity contribution in [2.45, 2.75) is 26.2 Å². The number of benzene rings is 1. The Bertz CT molecular complexity index is 782. The molecular weight excluding hydrogens is 332 g/mol. The molecule has 2 aromatic rings. The van der Waals surface area contributed by atoms with E-state index in [1.54, 1.807) is 23.1 Å². The molecule has 0 aliphatic rings. The van der Waals surface area contributed by atoms with Crippen LogP contribution in [0.25, 0.3) is 10.2 Å². The van der Waals surface area contributed by atoms with Gasteiger partial charge in [0.25, 0.3) is 5.91 Å². The number of rotatable bonds is 7. The van der Waals surface area contributed by atoms with Gasteiger partial charge in [-0.15, -0.1) is 11.3 Å². The molecule has 2 N–H and O–H groups in total. The van der Waals surface area contributed by atoms with E-state index in [0.717, 1.165) is 16.0 Å². The monoisotopic (exact) mass is 350 g/mol. The van der Waals surface area contributed by atoms with Crippen LogP contribution in [0.15, 0.2) is 18.2 Å². The fourth-order valence-corrected chi connectivity index (χ4v) is 3.42. The van der Waals surface area contributed by atoms with Crippen LogP contribution in [0.4, 0.5) is 0 Å². The summed E-state index contributed by atoms with van der Waals surface area (Å²) in [5, 5.41) is 18.3. The summed E-state index contributed by atoms with van der Waals surface area (Å²) >= 11 is 1.14. The molecule has 1 heterocycles. The second-order valence-corrected chi connectivity index (χ2v) is 6.26. The highest BCUT2D eigenvalue weighted by molar-refractivity contribution is 7.18. The Morgan fingerprint density at radius 2 is 1.88 bits per heavy atom. The van der Waals surface area contributed by atoms with Crippen LogP contribution in [0.3, 0.4) is 0 Å². The smallest absolute Gasteiger partial charge is 0.314 e. The van der Waals surface area contributed by atoms with Gasteiger partial charge in [-0.2, -0.15) is 0 Å². The van der Waals surface area contributed by atoms with Gasteiger partial charge in [-0.1, -0.05) is 0 Å². The largest absolute Gasteiger partial charge is 0.481 e. The highest BCUT2D eigenvalue weighted by atomic mass is 32.1. The number of thiazole rings is 1. The average molecular weight is 350 g/mol. The Morgan fingerprint density at radius 1 is 1.21 bits per heavy atom. The van der Waals surface area contributed by atoms with Gasteiger partial charge in [-0.3, -0.25) is 14.4 Å². The topological polar surface area (TPSA) is 108 Å². The fraction of sp³-hybridized carbons (Fsp3) is 0.375. The molecule has 0 radical (unpaired) electrons. The van der Waals surface area contributed by atoms with Gasteiger partial charge in [-0.25, -0.2) is 4.98 Å². The number of carboxylic acids is 2. The first-order valence-corrected chi connectivity index (χ1v) is 8.33. The van der Waals surface area contributed by atoms with Gasteiger partial charge in [0.1, 0.15) is 10.9 Å². The Morgan fingerprint density at radius 3 is 2.42 bits per heavy atom. The summed E-state index contributed by atoms with van der Waals surface area (Å²) in [7, 11) is 0. The van der Waals surface area contributed by atoms with E-state index >= 15 is 0 Å². The number of carbonyl (C=O) groups excluding carboxylic acids is 1. The number of aliphatic carboxylic acids is 2. The zero-order valence-corrected chi connectivity index (χ0v) is 14.2. The molecule has 1 atom stereocenters. The normalized spacial score (nSPS) is 12.1. The SMILES string of the molecule is CCN(CC)C(=O)c1ccc2sc(C(CC(=O)O)C(=O)O)nc2c1. The van der Waals surface area contributed by atoms with Gasteiger partial charge in [0, 0.05) is 18.7 Å². The standard InChI is InChI=1S/C16H18N2O5S/c1-3-18(4-2)15(21)9-5-6-12-11(7-9)17-14(24-12)10(16(22)23)8-13(19)20/h5-7,10H,3-4,8H2,1-2H3,(H,19,20)(H,22,23). The maximum absolute atomic E-state index is 12.4. The molecule has 0 saturated heterocycles. The minimum Gasteiger partial charge on any atom is -0.481 e. The molecule has 0 spiro atoms. The van der Waals surface area contributed by atoms with Crippen molar-refractivity contribution in [3.8, 4) is 0 Å². The van der Waals surface area contributed by atoms with Crippen molar-refractivity contribution in [3.63, 3.8) is 0 Å². The number of hydrogen-bond donors (Lipinski definition) is 2. The molecular formula is C16H18N2O5S. The number of fused-ring (bicyclic) bond motifs is 1. The van der Waals surface area contributed by atoms with Gasteiger partial charge in [-0.05, 0) is 32.0 Å². The van der Waals surface area contributed by atoms with Crippen LogP contribution in [-0.2, 0) is 9.59 Å². The number of aromatic nitrogens is 1. The van der Waals surface area contributed by atoms with Gasteiger partial charge in [0.05, 0.1) is 16.6 Å². The lowest BCUT2D eigenvalue weighted by molar-refractivity contribution is -0.145. The van der Waals surface area contributed by atoms with E-state index in [1.807, 2.05) is 13.8 Å².